The van der Waals surface area contributed by atoms with E-state index in [2.05, 4.69) is 21.2 Å². The summed E-state index contributed by atoms with van der Waals surface area (Å²) in [6.07, 6.45) is 0. The number of aryl methyl sites for hydroxylation is 2. The lowest BCUT2D eigenvalue weighted by molar-refractivity contribution is 0.102. The van der Waals surface area contributed by atoms with E-state index in [0.29, 0.717) is 15.8 Å². The number of methoxy groups -OCH3 is 1. The molecule has 0 aliphatic carbocycles. The molecule has 0 radical (unpaired) electrons. The molecule has 0 aliphatic rings. The Morgan fingerprint density at radius 3 is 2.52 bits per heavy atom. The minimum Gasteiger partial charge on any atom is -0.496 e. The Morgan fingerprint density at radius 1 is 1.03 bits per heavy atom. The molecule has 0 aromatic heterocycles. The number of benzene rings is 3. The van der Waals surface area contributed by atoms with Gasteiger partial charge in [0.1, 0.15) is 23.9 Å². The maximum atomic E-state index is 14.0. The van der Waals surface area contributed by atoms with E-state index in [1.54, 1.807) is 31.4 Å². The van der Waals surface area contributed by atoms with Gasteiger partial charge in [-0.15, -0.1) is 0 Å². The van der Waals surface area contributed by atoms with Crippen molar-refractivity contribution < 1.29 is 18.7 Å². The van der Waals surface area contributed by atoms with E-state index in [9.17, 15) is 9.18 Å². The van der Waals surface area contributed by atoms with E-state index in [4.69, 9.17) is 9.47 Å². The van der Waals surface area contributed by atoms with E-state index >= 15 is 0 Å². The highest BCUT2D eigenvalue weighted by Gasteiger charge is 2.13. The van der Waals surface area contributed by atoms with Crippen molar-refractivity contribution in [2.24, 2.45) is 0 Å². The Morgan fingerprint density at radius 2 is 1.83 bits per heavy atom. The number of halogens is 2. The highest BCUT2D eigenvalue weighted by Crippen LogP contribution is 2.25. The van der Waals surface area contributed by atoms with Gasteiger partial charge in [-0.1, -0.05) is 22.0 Å². The van der Waals surface area contributed by atoms with Crippen LogP contribution in [-0.2, 0) is 6.61 Å². The molecular formula is C23H21BrFNO3. The van der Waals surface area contributed by atoms with Crippen molar-refractivity contribution in [3.63, 3.8) is 0 Å². The van der Waals surface area contributed by atoms with Gasteiger partial charge in [-0.3, -0.25) is 4.79 Å². The molecule has 6 heteroatoms. The van der Waals surface area contributed by atoms with Crippen LogP contribution in [0.25, 0.3) is 0 Å². The minimum atomic E-state index is -0.514. The number of anilines is 1. The van der Waals surface area contributed by atoms with Crippen LogP contribution in [0.1, 0.15) is 27.0 Å². The van der Waals surface area contributed by atoms with Gasteiger partial charge in [-0.2, -0.15) is 0 Å². The van der Waals surface area contributed by atoms with Gasteiger partial charge in [-0.25, -0.2) is 4.39 Å². The highest BCUT2D eigenvalue weighted by atomic mass is 79.9. The molecule has 1 N–H and O–H groups in total. The van der Waals surface area contributed by atoms with Gasteiger partial charge < -0.3 is 14.8 Å². The van der Waals surface area contributed by atoms with E-state index in [1.807, 2.05) is 32.0 Å². The maximum Gasteiger partial charge on any atom is 0.255 e. The Balaban J connectivity index is 1.78. The van der Waals surface area contributed by atoms with Gasteiger partial charge >= 0.3 is 0 Å². The lowest BCUT2D eigenvalue weighted by Gasteiger charge is -2.13. The first-order chi connectivity index (χ1) is 13.9. The van der Waals surface area contributed by atoms with Crippen molar-refractivity contribution in [1.82, 2.24) is 0 Å². The van der Waals surface area contributed by atoms with Crippen LogP contribution in [0.4, 0.5) is 10.1 Å². The molecule has 3 aromatic rings. The predicted octanol–water partition coefficient (Wildman–Crippen LogP) is 6.04. The Bertz CT molecular complexity index is 1050. The normalized spacial score (nSPS) is 10.5. The van der Waals surface area contributed by atoms with Crippen LogP contribution in [0.5, 0.6) is 11.5 Å². The van der Waals surface area contributed by atoms with E-state index < -0.39 is 11.7 Å². The van der Waals surface area contributed by atoms with Gasteiger partial charge in [0.25, 0.3) is 5.91 Å². The summed E-state index contributed by atoms with van der Waals surface area (Å²) in [5.74, 6) is 0.419. The summed E-state index contributed by atoms with van der Waals surface area (Å²) in [4.78, 5) is 12.6. The average molecular weight is 458 g/mol. The number of hydrogen-bond acceptors (Lipinski definition) is 3. The maximum absolute atomic E-state index is 14.0. The third kappa shape index (κ3) is 5.15. The fourth-order valence-electron chi connectivity index (χ4n) is 2.78. The summed E-state index contributed by atoms with van der Waals surface area (Å²) in [6.45, 7) is 4.30. The zero-order chi connectivity index (χ0) is 21.0. The van der Waals surface area contributed by atoms with Crippen LogP contribution in [0.15, 0.2) is 59.1 Å². The molecular weight excluding hydrogens is 437 g/mol. The van der Waals surface area contributed by atoms with Crippen molar-refractivity contribution in [3.8, 4) is 11.5 Å². The summed E-state index contributed by atoms with van der Waals surface area (Å²) >= 11 is 3.20. The molecule has 0 heterocycles. The molecule has 29 heavy (non-hydrogen) atoms. The smallest absolute Gasteiger partial charge is 0.255 e. The second-order valence-corrected chi connectivity index (χ2v) is 7.56. The molecule has 0 saturated carbocycles. The van der Waals surface area contributed by atoms with Crippen molar-refractivity contribution in [1.29, 1.82) is 0 Å². The molecule has 4 nitrogen and oxygen atoms in total. The van der Waals surface area contributed by atoms with Gasteiger partial charge in [-0.05, 0) is 73.5 Å². The zero-order valence-electron chi connectivity index (χ0n) is 16.4. The monoisotopic (exact) mass is 457 g/mol. The first-order valence-electron chi connectivity index (χ1n) is 9.00. The van der Waals surface area contributed by atoms with Crippen molar-refractivity contribution in [3.05, 3.63) is 87.1 Å². The topological polar surface area (TPSA) is 47.6 Å². The average Bonchev–Trinajstić information content (AvgIpc) is 2.70. The first kappa shape index (κ1) is 20.9. The fraction of sp³-hybridized carbons (Fsp3) is 0.174. The standard InChI is InChI=1S/C23H21BrFNO3/c1-14-4-7-19(10-15(14)2)29-13-17-11-16(5-9-22(17)28-3)23(27)26-21-8-6-18(24)12-20(21)25/h4-12H,13H2,1-3H3,(H,26,27). The number of nitrogens with one attached hydrogen (secondary N) is 1. The van der Waals surface area contributed by atoms with Gasteiger partial charge in [0.15, 0.2) is 0 Å². The van der Waals surface area contributed by atoms with Crippen molar-refractivity contribution in [2.45, 2.75) is 20.5 Å². The molecule has 150 valence electrons. The molecule has 0 bridgehead atoms. The van der Waals surface area contributed by atoms with Crippen molar-refractivity contribution >= 4 is 27.5 Å². The van der Waals surface area contributed by atoms with Crippen LogP contribution in [-0.4, -0.2) is 13.0 Å². The van der Waals surface area contributed by atoms with Crippen LogP contribution in [0, 0.1) is 19.7 Å². The minimum absolute atomic E-state index is 0.113. The molecule has 0 spiro atoms. The van der Waals surface area contributed by atoms with E-state index in [0.717, 1.165) is 16.9 Å². The Labute approximate surface area is 177 Å². The number of amides is 1. The third-order valence-corrected chi connectivity index (χ3v) is 5.09. The Kier molecular flexibility index (Phi) is 6.54. The SMILES string of the molecule is COc1ccc(C(=O)Nc2ccc(Br)cc2F)cc1COc1ccc(C)c(C)c1. The summed E-state index contributed by atoms with van der Waals surface area (Å²) in [5.41, 5.74) is 3.54. The molecule has 0 aliphatic heterocycles. The molecule has 0 fully saturated rings. The van der Waals surface area contributed by atoms with E-state index in [-0.39, 0.29) is 12.3 Å². The molecule has 1 amide bonds. The number of carbonyl (C=O) groups is 1. The quantitative estimate of drug-likeness (QED) is 0.490. The summed E-state index contributed by atoms with van der Waals surface area (Å²) in [6, 6.07) is 15.4. The first-order valence-corrected chi connectivity index (χ1v) is 9.80. The lowest BCUT2D eigenvalue weighted by atomic mass is 10.1. The lowest BCUT2D eigenvalue weighted by Crippen LogP contribution is -2.14. The van der Waals surface area contributed by atoms with Gasteiger partial charge in [0.2, 0.25) is 0 Å². The Hall–Kier alpha value is -2.86. The fourth-order valence-corrected chi connectivity index (χ4v) is 3.12. The molecule has 3 aromatic carbocycles. The molecule has 3 rings (SSSR count). The van der Waals surface area contributed by atoms with Crippen LogP contribution in [0.3, 0.4) is 0 Å². The molecule has 0 unspecified atom stereocenters. The number of ether oxygens (including phenoxy) is 2. The van der Waals surface area contributed by atoms with Crippen molar-refractivity contribution in [2.75, 3.05) is 12.4 Å². The molecule has 0 atom stereocenters. The zero-order valence-corrected chi connectivity index (χ0v) is 18.0. The number of rotatable bonds is 6. The summed E-state index contributed by atoms with van der Waals surface area (Å²) in [7, 11) is 1.56. The van der Waals surface area contributed by atoms with Crippen LogP contribution < -0.4 is 14.8 Å². The van der Waals surface area contributed by atoms with E-state index in [1.165, 1.54) is 17.7 Å². The van der Waals surface area contributed by atoms with Crippen LogP contribution >= 0.6 is 15.9 Å². The van der Waals surface area contributed by atoms with Gasteiger partial charge in [0, 0.05) is 15.6 Å². The summed E-state index contributed by atoms with van der Waals surface area (Å²) < 4.78 is 25.9. The van der Waals surface area contributed by atoms with Gasteiger partial charge in [0.05, 0.1) is 12.8 Å². The second kappa shape index (κ2) is 9.09. The second-order valence-electron chi connectivity index (χ2n) is 6.64. The number of hydrogen-bond donors (Lipinski definition) is 1. The third-order valence-electron chi connectivity index (χ3n) is 4.59. The van der Waals surface area contributed by atoms with Crippen LogP contribution in [0.2, 0.25) is 0 Å². The number of carbonyl (C=O) groups excluding carboxylic acids is 1. The molecule has 0 saturated heterocycles. The highest BCUT2D eigenvalue weighted by molar-refractivity contribution is 9.10. The summed E-state index contributed by atoms with van der Waals surface area (Å²) in [5, 5.41) is 2.59. The predicted molar refractivity (Wildman–Crippen MR) is 115 cm³/mol. The largest absolute Gasteiger partial charge is 0.496 e.